The topological polar surface area (TPSA) is 68.0 Å². The van der Waals surface area contributed by atoms with Gasteiger partial charge in [-0.2, -0.15) is 4.98 Å². The molecule has 0 unspecified atom stereocenters. The van der Waals surface area contributed by atoms with E-state index in [1.165, 1.54) is 13.0 Å². The summed E-state index contributed by atoms with van der Waals surface area (Å²) in [6, 6.07) is 4.49. The second kappa shape index (κ2) is 5.60. The number of anilines is 1. The summed E-state index contributed by atoms with van der Waals surface area (Å²) in [6.45, 7) is 3.55. The molecule has 0 spiro atoms. The smallest absolute Gasteiger partial charge is 0.228 e. The summed E-state index contributed by atoms with van der Waals surface area (Å²) in [5, 5.41) is 6.68. The average molecular weight is 263 g/mol. The Kier molecular flexibility index (Phi) is 3.89. The number of hydrogen-bond donors (Lipinski definition) is 1. The van der Waals surface area contributed by atoms with Gasteiger partial charge in [-0.1, -0.05) is 11.2 Å². The predicted molar refractivity (Wildman–Crippen MR) is 67.6 cm³/mol. The Morgan fingerprint density at radius 1 is 1.47 bits per heavy atom. The Balaban J connectivity index is 2.03. The standard InChI is InChI=1S/C13H14FN3O2/c1-8(18)13-10(14)4-3-5-11(13)15-7-6-12-16-9(2)17-19-12/h3-5,15H,6-7H2,1-2H3. The van der Waals surface area contributed by atoms with Gasteiger partial charge in [-0.05, 0) is 26.0 Å². The van der Waals surface area contributed by atoms with Crippen molar-refractivity contribution >= 4 is 11.5 Å². The van der Waals surface area contributed by atoms with E-state index in [4.69, 9.17) is 4.52 Å². The van der Waals surface area contributed by atoms with Gasteiger partial charge in [0.15, 0.2) is 11.6 Å². The van der Waals surface area contributed by atoms with Gasteiger partial charge in [0.05, 0.1) is 5.56 Å². The zero-order valence-electron chi connectivity index (χ0n) is 10.7. The molecule has 0 saturated carbocycles. The molecule has 100 valence electrons. The van der Waals surface area contributed by atoms with Crippen molar-refractivity contribution in [1.82, 2.24) is 10.1 Å². The summed E-state index contributed by atoms with van der Waals surface area (Å²) in [7, 11) is 0. The normalized spacial score (nSPS) is 10.5. The van der Waals surface area contributed by atoms with E-state index in [1.54, 1.807) is 19.1 Å². The number of hydrogen-bond acceptors (Lipinski definition) is 5. The van der Waals surface area contributed by atoms with Crippen LogP contribution in [-0.4, -0.2) is 22.5 Å². The minimum absolute atomic E-state index is 0.0733. The number of halogens is 1. The lowest BCUT2D eigenvalue weighted by atomic mass is 10.1. The van der Waals surface area contributed by atoms with Crippen molar-refractivity contribution in [2.75, 3.05) is 11.9 Å². The molecular formula is C13H14FN3O2. The van der Waals surface area contributed by atoms with Crippen molar-refractivity contribution in [1.29, 1.82) is 0 Å². The fourth-order valence-electron chi connectivity index (χ4n) is 1.77. The van der Waals surface area contributed by atoms with E-state index in [2.05, 4.69) is 15.5 Å². The molecule has 1 N–H and O–H groups in total. The molecule has 0 saturated heterocycles. The lowest BCUT2D eigenvalue weighted by Crippen LogP contribution is -2.10. The van der Waals surface area contributed by atoms with Gasteiger partial charge < -0.3 is 9.84 Å². The molecule has 0 amide bonds. The third-order valence-corrected chi connectivity index (χ3v) is 2.59. The lowest BCUT2D eigenvalue weighted by molar-refractivity contribution is 0.101. The van der Waals surface area contributed by atoms with Gasteiger partial charge in [0.25, 0.3) is 0 Å². The van der Waals surface area contributed by atoms with E-state index < -0.39 is 5.82 Å². The van der Waals surface area contributed by atoms with Crippen LogP contribution in [0.1, 0.15) is 29.0 Å². The van der Waals surface area contributed by atoms with Crippen molar-refractivity contribution in [2.45, 2.75) is 20.3 Å². The summed E-state index contributed by atoms with van der Waals surface area (Å²) < 4.78 is 18.5. The Morgan fingerprint density at radius 2 is 2.26 bits per heavy atom. The maximum Gasteiger partial charge on any atom is 0.228 e. The van der Waals surface area contributed by atoms with Crippen molar-refractivity contribution in [3.63, 3.8) is 0 Å². The van der Waals surface area contributed by atoms with Crippen LogP contribution in [0.4, 0.5) is 10.1 Å². The molecular weight excluding hydrogens is 249 g/mol. The van der Waals surface area contributed by atoms with Gasteiger partial charge in [-0.3, -0.25) is 4.79 Å². The van der Waals surface area contributed by atoms with Crippen LogP contribution in [0.25, 0.3) is 0 Å². The van der Waals surface area contributed by atoms with E-state index in [1.807, 2.05) is 0 Å². The second-order valence-corrected chi connectivity index (χ2v) is 4.13. The Bertz CT molecular complexity index is 595. The summed E-state index contributed by atoms with van der Waals surface area (Å²) in [5.74, 6) is 0.247. The molecule has 1 heterocycles. The number of carbonyl (C=O) groups is 1. The molecule has 2 aromatic rings. The molecule has 2 rings (SSSR count). The molecule has 0 atom stereocenters. The fourth-order valence-corrected chi connectivity index (χ4v) is 1.77. The van der Waals surface area contributed by atoms with E-state index in [0.717, 1.165) is 0 Å². The summed E-state index contributed by atoms with van der Waals surface area (Å²) >= 11 is 0. The van der Waals surface area contributed by atoms with Gasteiger partial charge in [0.1, 0.15) is 5.82 Å². The highest BCUT2D eigenvalue weighted by atomic mass is 19.1. The Labute approximate surface area is 109 Å². The molecule has 0 fully saturated rings. The number of aromatic nitrogens is 2. The number of Topliss-reactive ketones (excluding diaryl/α,β-unsaturated/α-hetero) is 1. The van der Waals surface area contributed by atoms with Crippen LogP contribution in [-0.2, 0) is 6.42 Å². The molecule has 0 aliphatic carbocycles. The second-order valence-electron chi connectivity index (χ2n) is 4.13. The molecule has 0 radical (unpaired) electrons. The molecule has 1 aromatic carbocycles. The highest BCUT2D eigenvalue weighted by Crippen LogP contribution is 2.19. The van der Waals surface area contributed by atoms with Gasteiger partial charge in [-0.25, -0.2) is 4.39 Å². The van der Waals surface area contributed by atoms with Gasteiger partial charge in [0, 0.05) is 18.7 Å². The van der Waals surface area contributed by atoms with Crippen LogP contribution in [0.3, 0.4) is 0 Å². The van der Waals surface area contributed by atoms with E-state index >= 15 is 0 Å². The number of nitrogens with zero attached hydrogens (tertiary/aromatic N) is 2. The first-order valence-electron chi connectivity index (χ1n) is 5.90. The number of rotatable bonds is 5. The molecule has 0 aliphatic heterocycles. The van der Waals surface area contributed by atoms with E-state index in [9.17, 15) is 9.18 Å². The van der Waals surface area contributed by atoms with Crippen molar-refractivity contribution in [2.24, 2.45) is 0 Å². The zero-order chi connectivity index (χ0) is 13.8. The summed E-state index contributed by atoms with van der Waals surface area (Å²) in [4.78, 5) is 15.5. The molecule has 19 heavy (non-hydrogen) atoms. The summed E-state index contributed by atoms with van der Waals surface area (Å²) in [6.07, 6.45) is 0.509. The first-order chi connectivity index (χ1) is 9.08. The quantitative estimate of drug-likeness (QED) is 0.839. The summed E-state index contributed by atoms with van der Waals surface area (Å²) in [5.41, 5.74) is 0.549. The zero-order valence-corrected chi connectivity index (χ0v) is 10.7. The predicted octanol–water partition coefficient (Wildman–Crippen LogP) is 2.37. The molecule has 1 aromatic heterocycles. The third-order valence-electron chi connectivity index (χ3n) is 2.59. The van der Waals surface area contributed by atoms with E-state index in [0.29, 0.717) is 30.4 Å². The van der Waals surface area contributed by atoms with Crippen LogP contribution in [0.2, 0.25) is 0 Å². The fraction of sp³-hybridized carbons (Fsp3) is 0.308. The molecule has 0 aliphatic rings. The van der Waals surface area contributed by atoms with Crippen molar-refractivity contribution in [3.8, 4) is 0 Å². The first kappa shape index (κ1) is 13.2. The minimum atomic E-state index is -0.522. The average Bonchev–Trinajstić information content (AvgIpc) is 2.74. The number of aryl methyl sites for hydroxylation is 1. The number of ketones is 1. The van der Waals surface area contributed by atoms with Crippen LogP contribution in [0.5, 0.6) is 0 Å². The van der Waals surface area contributed by atoms with Gasteiger partial charge in [0.2, 0.25) is 5.89 Å². The largest absolute Gasteiger partial charge is 0.384 e. The van der Waals surface area contributed by atoms with Crippen molar-refractivity contribution < 1.29 is 13.7 Å². The molecule has 5 nitrogen and oxygen atoms in total. The molecule has 6 heteroatoms. The van der Waals surface area contributed by atoms with Crippen molar-refractivity contribution in [3.05, 3.63) is 41.3 Å². The Morgan fingerprint density at radius 3 is 2.89 bits per heavy atom. The number of nitrogens with one attached hydrogen (secondary N) is 1. The minimum Gasteiger partial charge on any atom is -0.384 e. The van der Waals surface area contributed by atoms with Gasteiger partial charge in [-0.15, -0.1) is 0 Å². The highest BCUT2D eigenvalue weighted by molar-refractivity contribution is 5.99. The van der Waals surface area contributed by atoms with Crippen LogP contribution >= 0.6 is 0 Å². The Hall–Kier alpha value is -2.24. The van der Waals surface area contributed by atoms with Crippen LogP contribution < -0.4 is 5.32 Å². The highest BCUT2D eigenvalue weighted by Gasteiger charge is 2.12. The maximum atomic E-state index is 13.6. The lowest BCUT2D eigenvalue weighted by Gasteiger charge is -2.09. The monoisotopic (exact) mass is 263 g/mol. The molecule has 0 bridgehead atoms. The van der Waals surface area contributed by atoms with Crippen LogP contribution in [0.15, 0.2) is 22.7 Å². The maximum absolute atomic E-state index is 13.6. The SMILES string of the molecule is CC(=O)c1c(F)cccc1NCCc1nc(C)no1. The number of carbonyl (C=O) groups excluding carboxylic acids is 1. The van der Waals surface area contributed by atoms with Crippen LogP contribution in [0, 0.1) is 12.7 Å². The third kappa shape index (κ3) is 3.15. The first-order valence-corrected chi connectivity index (χ1v) is 5.90. The van der Waals surface area contributed by atoms with E-state index in [-0.39, 0.29) is 11.3 Å². The van der Waals surface area contributed by atoms with Gasteiger partial charge >= 0.3 is 0 Å². The number of benzene rings is 1.